The van der Waals surface area contributed by atoms with E-state index in [1.165, 1.54) is 11.8 Å². The van der Waals surface area contributed by atoms with Gasteiger partial charge in [0.15, 0.2) is 5.78 Å². The zero-order valence-corrected chi connectivity index (χ0v) is 15.0. The molecule has 138 valence electrons. The summed E-state index contributed by atoms with van der Waals surface area (Å²) in [7, 11) is 0. The van der Waals surface area contributed by atoms with Crippen molar-refractivity contribution in [3.63, 3.8) is 0 Å². The number of thioether (sulfide) groups is 1. The van der Waals surface area contributed by atoms with E-state index in [4.69, 9.17) is 0 Å². The highest BCUT2D eigenvalue weighted by Gasteiger charge is 2.60. The van der Waals surface area contributed by atoms with Gasteiger partial charge >= 0.3 is 5.97 Å². The molecule has 1 aliphatic carbocycles. The van der Waals surface area contributed by atoms with Crippen molar-refractivity contribution in [2.45, 2.75) is 49.4 Å². The predicted octanol–water partition coefficient (Wildman–Crippen LogP) is 0.895. The van der Waals surface area contributed by atoms with Crippen LogP contribution in [0.25, 0.3) is 0 Å². The molecule has 7 atom stereocenters. The quantitative estimate of drug-likeness (QED) is 0.701. The highest BCUT2D eigenvalue weighted by molar-refractivity contribution is 8.05. The van der Waals surface area contributed by atoms with Gasteiger partial charge in [0.1, 0.15) is 17.5 Å². The number of hydrogen-bond acceptors (Lipinski definition) is 6. The van der Waals surface area contributed by atoms with E-state index in [1.54, 1.807) is 0 Å². The summed E-state index contributed by atoms with van der Waals surface area (Å²) in [6.45, 7) is 8.53. The Bertz CT molecular complexity index is 618. The van der Waals surface area contributed by atoms with E-state index < -0.39 is 24.0 Å². The van der Waals surface area contributed by atoms with E-state index in [2.05, 4.69) is 23.7 Å². The maximum Gasteiger partial charge on any atom is 0.317 e. The van der Waals surface area contributed by atoms with Crippen LogP contribution in [0.15, 0.2) is 11.6 Å². The molecular formula is C17H24FN3O3S. The summed E-state index contributed by atoms with van der Waals surface area (Å²) in [5, 5.41) is 13.3. The molecule has 0 spiro atoms. The van der Waals surface area contributed by atoms with E-state index in [-0.39, 0.29) is 29.7 Å². The molecule has 7 unspecified atom stereocenters. The standard InChI is InChI=1S/C17H24FN3O3S/c1-8-7-20(4-3-19-8)13-6-12-10(5-11(13)18)15(22)14(17(23)24)16-21(12)9(2)25-16/h8,10-14,16,19H,2-7H2,1H3,(H,23,24). The van der Waals surface area contributed by atoms with Crippen LogP contribution < -0.4 is 5.32 Å². The third-order valence-corrected chi connectivity index (χ3v) is 7.34. The first-order valence-corrected chi connectivity index (χ1v) is 9.78. The second kappa shape index (κ2) is 6.25. The molecule has 8 heteroatoms. The predicted molar refractivity (Wildman–Crippen MR) is 92.7 cm³/mol. The maximum absolute atomic E-state index is 15.0. The Kier molecular flexibility index (Phi) is 4.32. The number of ketones is 1. The van der Waals surface area contributed by atoms with Gasteiger partial charge in [-0.3, -0.25) is 14.5 Å². The zero-order valence-electron chi connectivity index (χ0n) is 14.2. The summed E-state index contributed by atoms with van der Waals surface area (Å²) >= 11 is 1.36. The number of nitrogens with zero attached hydrogens (tertiary/aromatic N) is 2. The van der Waals surface area contributed by atoms with Crippen molar-refractivity contribution in [1.29, 1.82) is 0 Å². The molecule has 3 heterocycles. The number of piperidine rings is 1. The second-order valence-electron chi connectivity index (χ2n) is 7.61. The van der Waals surface area contributed by atoms with Crippen LogP contribution in [0.1, 0.15) is 19.8 Å². The van der Waals surface area contributed by atoms with Crippen molar-refractivity contribution < 1.29 is 19.1 Å². The summed E-state index contributed by atoms with van der Waals surface area (Å²) in [5.74, 6) is -3.01. The van der Waals surface area contributed by atoms with E-state index >= 15 is 0 Å². The number of carboxylic acids is 1. The van der Waals surface area contributed by atoms with Crippen LogP contribution in [0.2, 0.25) is 0 Å². The number of piperazine rings is 1. The average molecular weight is 369 g/mol. The molecule has 4 aliphatic rings. The first-order valence-electron chi connectivity index (χ1n) is 8.90. The number of hydrogen-bond donors (Lipinski definition) is 2. The summed E-state index contributed by atoms with van der Waals surface area (Å²) < 4.78 is 15.0. The van der Waals surface area contributed by atoms with Crippen LogP contribution in [0.4, 0.5) is 4.39 Å². The normalized spacial score (nSPS) is 44.7. The molecule has 4 fully saturated rings. The van der Waals surface area contributed by atoms with Crippen molar-refractivity contribution in [2.75, 3.05) is 19.6 Å². The minimum Gasteiger partial charge on any atom is -0.481 e. The summed E-state index contributed by atoms with van der Waals surface area (Å²) in [5.41, 5.74) is 0. The molecule has 4 rings (SSSR count). The van der Waals surface area contributed by atoms with Gasteiger partial charge in [0.05, 0.1) is 5.03 Å². The smallest absolute Gasteiger partial charge is 0.317 e. The van der Waals surface area contributed by atoms with Gasteiger partial charge in [-0.15, -0.1) is 0 Å². The third-order valence-electron chi connectivity index (χ3n) is 6.11. The Morgan fingerprint density at radius 2 is 2.16 bits per heavy atom. The highest BCUT2D eigenvalue weighted by atomic mass is 32.2. The number of halogens is 1. The molecule has 0 aromatic rings. The lowest BCUT2D eigenvalue weighted by molar-refractivity contribution is -0.157. The number of carbonyl (C=O) groups excluding carboxylic acids is 1. The number of aliphatic carboxylic acids is 1. The van der Waals surface area contributed by atoms with Crippen molar-refractivity contribution >= 4 is 23.5 Å². The van der Waals surface area contributed by atoms with E-state index in [0.717, 1.165) is 24.7 Å². The molecule has 2 N–H and O–H groups in total. The number of nitrogens with one attached hydrogen (secondary N) is 1. The van der Waals surface area contributed by atoms with Crippen LogP contribution >= 0.6 is 11.8 Å². The van der Waals surface area contributed by atoms with Crippen molar-refractivity contribution in [2.24, 2.45) is 11.8 Å². The van der Waals surface area contributed by atoms with Crippen LogP contribution in [0.3, 0.4) is 0 Å². The van der Waals surface area contributed by atoms with Crippen LogP contribution in [0.5, 0.6) is 0 Å². The number of fused-ring (bicyclic) bond motifs is 3. The lowest BCUT2D eigenvalue weighted by Gasteiger charge is -2.59. The van der Waals surface area contributed by atoms with Gasteiger partial charge in [-0.25, -0.2) is 4.39 Å². The Morgan fingerprint density at radius 3 is 2.80 bits per heavy atom. The van der Waals surface area contributed by atoms with Gasteiger partial charge in [-0.1, -0.05) is 18.3 Å². The van der Waals surface area contributed by atoms with Crippen LogP contribution in [-0.4, -0.2) is 76.0 Å². The van der Waals surface area contributed by atoms with E-state index in [1.807, 2.05) is 4.90 Å². The Labute approximate surface area is 150 Å². The number of alkyl halides is 1. The monoisotopic (exact) mass is 369 g/mol. The fourth-order valence-corrected chi connectivity index (χ4v) is 6.21. The molecular weight excluding hydrogens is 345 g/mol. The number of carboxylic acid groups (broad SMARTS) is 1. The molecule has 0 amide bonds. The maximum atomic E-state index is 15.0. The van der Waals surface area contributed by atoms with E-state index in [9.17, 15) is 19.1 Å². The summed E-state index contributed by atoms with van der Waals surface area (Å²) in [6.07, 6.45) is -0.409. The van der Waals surface area contributed by atoms with Gasteiger partial charge in [0, 0.05) is 43.7 Å². The largest absolute Gasteiger partial charge is 0.481 e. The molecule has 1 saturated carbocycles. The second-order valence-corrected chi connectivity index (χ2v) is 8.80. The van der Waals surface area contributed by atoms with Gasteiger partial charge in [-0.2, -0.15) is 0 Å². The van der Waals surface area contributed by atoms with Crippen molar-refractivity contribution in [3.05, 3.63) is 11.6 Å². The first kappa shape index (κ1) is 17.3. The van der Waals surface area contributed by atoms with Gasteiger partial charge in [-0.05, 0) is 19.8 Å². The third kappa shape index (κ3) is 2.69. The molecule has 6 nitrogen and oxygen atoms in total. The lowest BCUT2D eigenvalue weighted by atomic mass is 9.71. The number of Topliss-reactive ketones (excluding diaryl/α,β-unsaturated/α-hetero) is 1. The lowest BCUT2D eigenvalue weighted by Crippen LogP contribution is -2.68. The zero-order chi connectivity index (χ0) is 17.9. The SMILES string of the molecule is C=C1SC2C(C(=O)O)C(=O)C3CC(F)C(N4CCNC(C)C4)CC3N12. The Hall–Kier alpha value is -1.12. The molecule has 0 bridgehead atoms. The molecule has 0 aromatic carbocycles. The summed E-state index contributed by atoms with van der Waals surface area (Å²) in [6, 6.07) is -0.00611. The Morgan fingerprint density at radius 1 is 1.40 bits per heavy atom. The van der Waals surface area contributed by atoms with E-state index in [0.29, 0.717) is 12.5 Å². The van der Waals surface area contributed by atoms with Gasteiger partial charge in [0.25, 0.3) is 0 Å². The minimum absolute atomic E-state index is 0.121. The number of carbonyl (C=O) groups is 2. The van der Waals surface area contributed by atoms with Crippen molar-refractivity contribution in [3.8, 4) is 0 Å². The fraction of sp³-hybridized carbons (Fsp3) is 0.765. The minimum atomic E-state index is -1.10. The van der Waals surface area contributed by atoms with Gasteiger partial charge < -0.3 is 15.3 Å². The molecule has 0 radical (unpaired) electrons. The topological polar surface area (TPSA) is 72.9 Å². The van der Waals surface area contributed by atoms with Crippen LogP contribution in [-0.2, 0) is 9.59 Å². The Balaban J connectivity index is 1.58. The molecule has 3 saturated heterocycles. The average Bonchev–Trinajstić information content (AvgIpc) is 2.54. The van der Waals surface area contributed by atoms with Crippen molar-refractivity contribution in [1.82, 2.24) is 15.1 Å². The first-order chi connectivity index (χ1) is 11.9. The fourth-order valence-electron chi connectivity index (χ4n) is 4.94. The highest BCUT2D eigenvalue weighted by Crippen LogP contribution is 2.54. The van der Waals surface area contributed by atoms with Gasteiger partial charge in [0.2, 0.25) is 0 Å². The number of rotatable bonds is 2. The molecule has 0 aromatic heterocycles. The summed E-state index contributed by atoms with van der Waals surface area (Å²) in [4.78, 5) is 28.5. The van der Waals surface area contributed by atoms with Crippen LogP contribution in [0, 0.1) is 11.8 Å². The molecule has 3 aliphatic heterocycles. The molecule has 25 heavy (non-hydrogen) atoms.